The van der Waals surface area contributed by atoms with Crippen molar-refractivity contribution >= 4 is 42.6 Å². The van der Waals surface area contributed by atoms with Crippen molar-refractivity contribution in [1.29, 1.82) is 0 Å². The molecule has 0 radical (unpaired) electrons. The van der Waals surface area contributed by atoms with Gasteiger partial charge in [0.05, 0.1) is 34.9 Å². The van der Waals surface area contributed by atoms with E-state index in [0.29, 0.717) is 37.7 Å². The van der Waals surface area contributed by atoms with Gasteiger partial charge in [0, 0.05) is 13.2 Å². The maximum Gasteiger partial charge on any atom is 0.247 e. The summed E-state index contributed by atoms with van der Waals surface area (Å²) >= 11 is 1.40. The summed E-state index contributed by atoms with van der Waals surface area (Å²) in [5.74, 6) is 0.468. The molecule has 0 spiro atoms. The van der Waals surface area contributed by atoms with E-state index in [2.05, 4.69) is 0 Å². The van der Waals surface area contributed by atoms with E-state index in [4.69, 9.17) is 14.5 Å². The Hall–Kier alpha value is -2.53. The molecule has 0 N–H and O–H groups in total. The first-order chi connectivity index (χ1) is 16.9. The Morgan fingerprint density at radius 2 is 2.00 bits per heavy atom. The third kappa shape index (κ3) is 4.80. The molecule has 10 heteroatoms. The van der Waals surface area contributed by atoms with E-state index in [1.165, 1.54) is 15.6 Å². The largest absolute Gasteiger partial charge is 0.497 e. The molecule has 3 aromatic rings. The lowest BCUT2D eigenvalue weighted by molar-refractivity contribution is -0.122. The van der Waals surface area contributed by atoms with Crippen molar-refractivity contribution in [3.05, 3.63) is 48.0 Å². The van der Waals surface area contributed by atoms with Crippen molar-refractivity contribution in [1.82, 2.24) is 9.29 Å². The van der Waals surface area contributed by atoms with Crippen LogP contribution in [0, 0.1) is 6.92 Å². The second-order valence-electron chi connectivity index (χ2n) is 9.00. The minimum absolute atomic E-state index is 0.0935. The van der Waals surface area contributed by atoms with Gasteiger partial charge in [0.15, 0.2) is 5.13 Å². The number of ether oxygens (including phenoxy) is 2. The highest BCUT2D eigenvalue weighted by molar-refractivity contribution is 7.89. The summed E-state index contributed by atoms with van der Waals surface area (Å²) in [5, 5.41) is 0.549. The van der Waals surface area contributed by atoms with Gasteiger partial charge < -0.3 is 9.47 Å². The van der Waals surface area contributed by atoms with Crippen LogP contribution in [0.5, 0.6) is 5.75 Å². The quantitative estimate of drug-likeness (QED) is 0.473. The fourth-order valence-corrected chi connectivity index (χ4v) is 7.35. The van der Waals surface area contributed by atoms with Crippen molar-refractivity contribution in [2.45, 2.75) is 49.6 Å². The van der Waals surface area contributed by atoms with Crippen molar-refractivity contribution < 1.29 is 22.7 Å². The topological polar surface area (TPSA) is 89.0 Å². The van der Waals surface area contributed by atoms with Crippen LogP contribution in [0.4, 0.5) is 5.13 Å². The first-order valence-corrected chi connectivity index (χ1v) is 14.1. The standard InChI is InChI=1S/C25H29N3O5S2/c1-17-7-10-20(11-8-17)35(30,31)28-13-3-6-22(28)24(29)27(16-19-5-4-14-33-19)25-26-21-12-9-18(32-2)15-23(21)34-25/h7-12,15,19,22H,3-6,13-14,16H2,1-2H3. The van der Waals surface area contributed by atoms with Gasteiger partial charge >= 0.3 is 0 Å². The van der Waals surface area contributed by atoms with E-state index in [-0.39, 0.29) is 16.9 Å². The Kier molecular flexibility index (Phi) is 6.80. The van der Waals surface area contributed by atoms with Crippen LogP contribution in [0.3, 0.4) is 0 Å². The third-order valence-electron chi connectivity index (χ3n) is 6.61. The number of amides is 1. The lowest BCUT2D eigenvalue weighted by Gasteiger charge is -2.29. The van der Waals surface area contributed by atoms with Gasteiger partial charge in [0.2, 0.25) is 15.9 Å². The zero-order valence-electron chi connectivity index (χ0n) is 19.8. The SMILES string of the molecule is COc1ccc2nc(N(CC3CCCO3)C(=O)C3CCCN3S(=O)(=O)c3ccc(C)cc3)sc2c1. The van der Waals surface area contributed by atoms with Crippen LogP contribution in [0.1, 0.15) is 31.2 Å². The number of fused-ring (bicyclic) bond motifs is 1. The Labute approximate surface area is 209 Å². The molecule has 3 heterocycles. The molecule has 2 aliphatic rings. The normalized spacial score (nSPS) is 21.0. The Bertz CT molecular complexity index is 1320. The molecule has 2 aromatic carbocycles. The summed E-state index contributed by atoms with van der Waals surface area (Å²) in [6, 6.07) is 11.6. The molecule has 35 heavy (non-hydrogen) atoms. The number of carbonyl (C=O) groups is 1. The van der Waals surface area contributed by atoms with E-state index in [1.54, 1.807) is 36.3 Å². The van der Waals surface area contributed by atoms with Crippen molar-refractivity contribution in [3.8, 4) is 5.75 Å². The summed E-state index contributed by atoms with van der Waals surface area (Å²) in [4.78, 5) is 20.6. The van der Waals surface area contributed by atoms with Crippen LogP contribution in [-0.2, 0) is 19.6 Å². The molecule has 186 valence electrons. The van der Waals surface area contributed by atoms with Gasteiger partial charge in [-0.2, -0.15) is 4.31 Å². The number of thiazole rings is 1. The lowest BCUT2D eigenvalue weighted by Crippen LogP contribution is -2.49. The molecule has 5 rings (SSSR count). The molecule has 8 nitrogen and oxygen atoms in total. The van der Waals surface area contributed by atoms with Gasteiger partial charge in [-0.3, -0.25) is 9.69 Å². The summed E-state index contributed by atoms with van der Waals surface area (Å²) in [6.07, 6.45) is 2.82. The number of aryl methyl sites for hydroxylation is 1. The number of hydrogen-bond donors (Lipinski definition) is 0. The predicted octanol–water partition coefficient (Wildman–Crippen LogP) is 3.98. The molecule has 2 aliphatic heterocycles. The highest BCUT2D eigenvalue weighted by Crippen LogP contribution is 2.35. The Morgan fingerprint density at radius 1 is 1.20 bits per heavy atom. The molecule has 2 fully saturated rings. The van der Waals surface area contributed by atoms with E-state index >= 15 is 0 Å². The maximum absolute atomic E-state index is 14.0. The van der Waals surface area contributed by atoms with Gasteiger partial charge in [0.25, 0.3) is 0 Å². The molecule has 2 unspecified atom stereocenters. The second-order valence-corrected chi connectivity index (χ2v) is 11.9. The fourth-order valence-electron chi connectivity index (χ4n) is 4.69. The van der Waals surface area contributed by atoms with E-state index in [9.17, 15) is 13.2 Å². The van der Waals surface area contributed by atoms with Crippen molar-refractivity contribution in [2.75, 3.05) is 31.7 Å². The average molecular weight is 516 g/mol. The van der Waals surface area contributed by atoms with Gasteiger partial charge in [-0.1, -0.05) is 29.0 Å². The summed E-state index contributed by atoms with van der Waals surface area (Å²) in [7, 11) is -2.19. The number of sulfonamides is 1. The molecule has 0 saturated carbocycles. The smallest absolute Gasteiger partial charge is 0.247 e. The zero-order chi connectivity index (χ0) is 24.6. The number of hydrogen-bond acceptors (Lipinski definition) is 7. The predicted molar refractivity (Wildman–Crippen MR) is 136 cm³/mol. The average Bonchev–Trinajstić information content (AvgIpc) is 3.62. The molecule has 0 aliphatic carbocycles. The lowest BCUT2D eigenvalue weighted by atomic mass is 10.2. The monoisotopic (exact) mass is 515 g/mol. The molecule has 2 saturated heterocycles. The molecule has 1 amide bonds. The maximum atomic E-state index is 14.0. The molecular weight excluding hydrogens is 486 g/mol. The Morgan fingerprint density at radius 3 is 2.71 bits per heavy atom. The molecule has 1 aromatic heterocycles. The van der Waals surface area contributed by atoms with Crippen LogP contribution in [0.25, 0.3) is 10.2 Å². The van der Waals surface area contributed by atoms with Crippen LogP contribution in [-0.4, -0.2) is 62.6 Å². The number of rotatable bonds is 7. The number of aromatic nitrogens is 1. The number of methoxy groups -OCH3 is 1. The minimum atomic E-state index is -3.81. The number of benzene rings is 2. The van der Waals surface area contributed by atoms with Gasteiger partial charge in [0.1, 0.15) is 11.8 Å². The molecule has 0 bridgehead atoms. The number of carbonyl (C=O) groups excluding carboxylic acids is 1. The highest BCUT2D eigenvalue weighted by Gasteiger charge is 2.42. The minimum Gasteiger partial charge on any atom is -0.497 e. The molecular formula is C25H29N3O5S2. The first kappa shape index (κ1) is 24.2. The van der Waals surface area contributed by atoms with Crippen molar-refractivity contribution in [2.24, 2.45) is 0 Å². The number of nitrogens with zero attached hydrogens (tertiary/aromatic N) is 3. The zero-order valence-corrected chi connectivity index (χ0v) is 21.5. The first-order valence-electron chi connectivity index (χ1n) is 11.8. The van der Waals surface area contributed by atoms with Gasteiger partial charge in [-0.15, -0.1) is 0 Å². The van der Waals surface area contributed by atoms with Crippen LogP contribution in [0.2, 0.25) is 0 Å². The molecule has 2 atom stereocenters. The van der Waals surface area contributed by atoms with E-state index < -0.39 is 16.1 Å². The summed E-state index contributed by atoms with van der Waals surface area (Å²) in [6.45, 7) is 3.25. The van der Waals surface area contributed by atoms with E-state index in [0.717, 1.165) is 34.4 Å². The van der Waals surface area contributed by atoms with Gasteiger partial charge in [-0.05, 0) is 62.9 Å². The summed E-state index contributed by atoms with van der Waals surface area (Å²) < 4.78 is 40.4. The third-order valence-corrected chi connectivity index (χ3v) is 9.57. The highest BCUT2D eigenvalue weighted by atomic mass is 32.2. The second kappa shape index (κ2) is 9.85. The van der Waals surface area contributed by atoms with Crippen LogP contribution < -0.4 is 9.64 Å². The summed E-state index contributed by atoms with van der Waals surface area (Å²) in [5.41, 5.74) is 1.75. The van der Waals surface area contributed by atoms with E-state index in [1.807, 2.05) is 25.1 Å². The fraction of sp³-hybridized carbons (Fsp3) is 0.440. The van der Waals surface area contributed by atoms with Crippen molar-refractivity contribution in [3.63, 3.8) is 0 Å². The van der Waals surface area contributed by atoms with Crippen LogP contribution in [0.15, 0.2) is 47.4 Å². The van der Waals surface area contributed by atoms with Crippen LogP contribution >= 0.6 is 11.3 Å². The van der Waals surface area contributed by atoms with Gasteiger partial charge in [-0.25, -0.2) is 13.4 Å². The number of anilines is 1. The Balaban J connectivity index is 1.48.